The van der Waals surface area contributed by atoms with Crippen molar-refractivity contribution in [2.24, 2.45) is 0 Å². The minimum atomic E-state index is -0.575. The standard InChI is InChI=1S/C43H29N3/c1-4-13-30(14-5-1)31-22-24-32(25-23-31)33-26-27-40-37(29-33)43(34-15-6-2-7-16-34,35-17-8-3-9-18-35)36-19-12-21-38-41(36)46(40)42(45-38)39-20-10-11-28-44-39/h1-29H. The Morgan fingerprint density at radius 3 is 1.70 bits per heavy atom. The summed E-state index contributed by atoms with van der Waals surface area (Å²) in [6.45, 7) is 0. The van der Waals surface area contributed by atoms with Crippen molar-refractivity contribution in [2.75, 3.05) is 0 Å². The Balaban J connectivity index is 1.37. The molecule has 2 aromatic heterocycles. The summed E-state index contributed by atoms with van der Waals surface area (Å²) in [5.41, 5.74) is 13.1. The molecule has 3 heteroatoms. The molecule has 3 heterocycles. The van der Waals surface area contributed by atoms with Crippen LogP contribution in [0.4, 0.5) is 0 Å². The van der Waals surface area contributed by atoms with Crippen LogP contribution in [0.15, 0.2) is 176 Å². The maximum Gasteiger partial charge on any atom is 0.164 e. The van der Waals surface area contributed by atoms with E-state index in [4.69, 9.17) is 9.97 Å². The molecule has 1 aliphatic heterocycles. The number of rotatable bonds is 5. The Morgan fingerprint density at radius 2 is 1.04 bits per heavy atom. The molecule has 46 heavy (non-hydrogen) atoms. The lowest BCUT2D eigenvalue weighted by atomic mass is 9.63. The molecular weight excluding hydrogens is 558 g/mol. The number of fused-ring (bicyclic) bond motifs is 2. The average Bonchev–Trinajstić information content (AvgIpc) is 3.54. The average molecular weight is 588 g/mol. The van der Waals surface area contributed by atoms with E-state index in [1.165, 1.54) is 44.5 Å². The molecule has 3 nitrogen and oxygen atoms in total. The zero-order chi connectivity index (χ0) is 30.5. The van der Waals surface area contributed by atoms with Crippen LogP contribution < -0.4 is 0 Å². The number of nitrogens with zero attached hydrogens (tertiary/aromatic N) is 3. The van der Waals surface area contributed by atoms with Gasteiger partial charge in [0.2, 0.25) is 0 Å². The topological polar surface area (TPSA) is 30.7 Å². The molecule has 0 unspecified atom stereocenters. The van der Waals surface area contributed by atoms with Gasteiger partial charge in [-0.3, -0.25) is 9.55 Å². The van der Waals surface area contributed by atoms with E-state index >= 15 is 0 Å². The fourth-order valence-electron chi connectivity index (χ4n) is 7.34. The Hall–Kier alpha value is -6.06. The van der Waals surface area contributed by atoms with Crippen LogP contribution >= 0.6 is 0 Å². The number of aromatic nitrogens is 3. The second-order valence-electron chi connectivity index (χ2n) is 11.8. The highest BCUT2D eigenvalue weighted by Crippen LogP contribution is 2.54. The number of benzene rings is 6. The molecule has 0 saturated carbocycles. The first-order chi connectivity index (χ1) is 22.8. The molecule has 0 saturated heterocycles. The quantitative estimate of drug-likeness (QED) is 0.201. The first-order valence-corrected chi connectivity index (χ1v) is 15.7. The summed E-state index contributed by atoms with van der Waals surface area (Å²) in [4.78, 5) is 9.97. The first-order valence-electron chi connectivity index (χ1n) is 15.7. The second-order valence-corrected chi connectivity index (χ2v) is 11.8. The van der Waals surface area contributed by atoms with E-state index in [0.29, 0.717) is 0 Å². The minimum Gasteiger partial charge on any atom is -0.290 e. The summed E-state index contributed by atoms with van der Waals surface area (Å²) in [5.74, 6) is 0.846. The lowest BCUT2D eigenvalue weighted by Crippen LogP contribution is -2.35. The van der Waals surface area contributed by atoms with Gasteiger partial charge in [-0.05, 0) is 74.8 Å². The molecule has 6 aromatic carbocycles. The summed E-state index contributed by atoms with van der Waals surface area (Å²) in [6.07, 6.45) is 1.84. The van der Waals surface area contributed by atoms with E-state index in [9.17, 15) is 0 Å². The molecule has 0 N–H and O–H groups in total. The van der Waals surface area contributed by atoms with Crippen molar-refractivity contribution in [3.8, 4) is 39.5 Å². The first kappa shape index (κ1) is 26.4. The van der Waals surface area contributed by atoms with Crippen LogP contribution in [0.3, 0.4) is 0 Å². The summed E-state index contributed by atoms with van der Waals surface area (Å²) in [6, 6.07) is 60.8. The van der Waals surface area contributed by atoms with Crippen molar-refractivity contribution >= 4 is 11.0 Å². The zero-order valence-electron chi connectivity index (χ0n) is 25.1. The van der Waals surface area contributed by atoms with Gasteiger partial charge in [-0.1, -0.05) is 140 Å². The predicted octanol–water partition coefficient (Wildman–Crippen LogP) is 10.1. The van der Waals surface area contributed by atoms with Gasteiger partial charge in [-0.2, -0.15) is 0 Å². The summed E-state index contributed by atoms with van der Waals surface area (Å²) >= 11 is 0. The van der Waals surface area contributed by atoms with Crippen molar-refractivity contribution in [3.05, 3.63) is 198 Å². The third-order valence-electron chi connectivity index (χ3n) is 9.35. The van der Waals surface area contributed by atoms with E-state index < -0.39 is 5.41 Å². The van der Waals surface area contributed by atoms with Crippen molar-refractivity contribution in [3.63, 3.8) is 0 Å². The van der Waals surface area contributed by atoms with Gasteiger partial charge in [0.15, 0.2) is 5.82 Å². The van der Waals surface area contributed by atoms with Gasteiger partial charge in [-0.25, -0.2) is 4.98 Å². The van der Waals surface area contributed by atoms with Crippen LogP contribution in [0.2, 0.25) is 0 Å². The highest BCUT2D eigenvalue weighted by atomic mass is 15.1. The molecule has 8 aromatic rings. The Labute approximate surface area is 268 Å². The minimum absolute atomic E-state index is 0.575. The highest BCUT2D eigenvalue weighted by Gasteiger charge is 2.45. The van der Waals surface area contributed by atoms with Crippen LogP contribution in [-0.2, 0) is 5.41 Å². The SMILES string of the molecule is c1ccc(-c2ccc(-c3ccc4c(c3)C(c3ccccc3)(c3ccccc3)c3cccc5nc(-c6ccccn6)n-4c35)cc2)cc1. The summed E-state index contributed by atoms with van der Waals surface area (Å²) < 4.78 is 2.33. The molecular formula is C43H29N3. The van der Waals surface area contributed by atoms with Crippen LogP contribution in [0.5, 0.6) is 0 Å². The number of para-hydroxylation sites is 1. The second kappa shape index (κ2) is 10.5. The van der Waals surface area contributed by atoms with Gasteiger partial charge in [0.25, 0.3) is 0 Å². The lowest BCUT2D eigenvalue weighted by molar-refractivity contribution is 0.725. The van der Waals surface area contributed by atoms with Crippen molar-refractivity contribution in [2.45, 2.75) is 5.41 Å². The molecule has 0 radical (unpaired) electrons. The molecule has 0 atom stereocenters. The van der Waals surface area contributed by atoms with Crippen LogP contribution in [0.1, 0.15) is 22.3 Å². The van der Waals surface area contributed by atoms with Crippen molar-refractivity contribution in [1.82, 2.24) is 14.5 Å². The lowest BCUT2D eigenvalue weighted by Gasteiger charge is -2.41. The van der Waals surface area contributed by atoms with Crippen LogP contribution in [-0.4, -0.2) is 14.5 Å². The highest BCUT2D eigenvalue weighted by molar-refractivity contribution is 5.93. The van der Waals surface area contributed by atoms with E-state index in [2.05, 4.69) is 156 Å². The zero-order valence-corrected chi connectivity index (χ0v) is 25.1. The molecule has 0 amide bonds. The molecule has 0 aliphatic carbocycles. The van der Waals surface area contributed by atoms with Crippen LogP contribution in [0, 0.1) is 0 Å². The van der Waals surface area contributed by atoms with Gasteiger partial charge < -0.3 is 0 Å². The number of hydrogen-bond donors (Lipinski definition) is 0. The van der Waals surface area contributed by atoms with Gasteiger partial charge in [0.1, 0.15) is 5.69 Å². The summed E-state index contributed by atoms with van der Waals surface area (Å²) in [7, 11) is 0. The molecule has 0 fully saturated rings. The monoisotopic (exact) mass is 587 g/mol. The summed E-state index contributed by atoms with van der Waals surface area (Å²) in [5, 5.41) is 0. The van der Waals surface area contributed by atoms with Gasteiger partial charge >= 0.3 is 0 Å². The third kappa shape index (κ3) is 3.92. The van der Waals surface area contributed by atoms with Gasteiger partial charge in [0, 0.05) is 6.20 Å². The van der Waals surface area contributed by atoms with E-state index in [0.717, 1.165) is 28.2 Å². The van der Waals surface area contributed by atoms with Crippen molar-refractivity contribution < 1.29 is 0 Å². The number of imidazole rings is 1. The maximum atomic E-state index is 5.23. The molecule has 216 valence electrons. The van der Waals surface area contributed by atoms with E-state index in [1.54, 1.807) is 0 Å². The molecule has 1 aliphatic rings. The number of hydrogen-bond acceptors (Lipinski definition) is 2. The third-order valence-corrected chi connectivity index (χ3v) is 9.35. The van der Waals surface area contributed by atoms with Crippen molar-refractivity contribution in [1.29, 1.82) is 0 Å². The Bertz CT molecular complexity index is 2280. The smallest absolute Gasteiger partial charge is 0.164 e. The normalized spacial score (nSPS) is 13.0. The molecule has 0 bridgehead atoms. The van der Waals surface area contributed by atoms with E-state index in [-0.39, 0.29) is 0 Å². The molecule has 0 spiro atoms. The van der Waals surface area contributed by atoms with Crippen LogP contribution in [0.25, 0.3) is 50.5 Å². The molecule has 9 rings (SSSR count). The maximum absolute atomic E-state index is 5.23. The Morgan fingerprint density at radius 1 is 0.457 bits per heavy atom. The fraction of sp³-hybridized carbons (Fsp3) is 0.0233. The largest absolute Gasteiger partial charge is 0.290 e. The van der Waals surface area contributed by atoms with Gasteiger partial charge in [0.05, 0.1) is 22.1 Å². The van der Waals surface area contributed by atoms with Gasteiger partial charge in [-0.15, -0.1) is 0 Å². The fourth-order valence-corrected chi connectivity index (χ4v) is 7.34. The van der Waals surface area contributed by atoms with E-state index in [1.807, 2.05) is 24.4 Å². The Kier molecular flexibility index (Phi) is 6.04. The number of pyridine rings is 1. The predicted molar refractivity (Wildman–Crippen MR) is 187 cm³/mol.